The third-order valence-corrected chi connectivity index (χ3v) is 4.00. The molecule has 3 N–H and O–H groups in total. The van der Waals surface area contributed by atoms with Gasteiger partial charge in [0.15, 0.2) is 0 Å². The standard InChI is InChI=1S/C19H20N2O3/c22-17-4-2-1-3-13(17)7-12-18(23)20-15-8-10-16(11-9-15)21-19(24)14-5-6-14/h1-4,8-11,14,22H,5-7,12H2,(H,20,23)(H,21,24). The van der Waals surface area contributed by atoms with Crippen molar-refractivity contribution in [3.05, 3.63) is 54.1 Å². The van der Waals surface area contributed by atoms with E-state index >= 15 is 0 Å². The third kappa shape index (κ3) is 4.35. The number of phenols is 1. The number of rotatable bonds is 6. The molecule has 0 saturated heterocycles. The van der Waals surface area contributed by atoms with Crippen molar-refractivity contribution < 1.29 is 14.7 Å². The summed E-state index contributed by atoms with van der Waals surface area (Å²) < 4.78 is 0. The second kappa shape index (κ2) is 7.17. The second-order valence-electron chi connectivity index (χ2n) is 6.02. The van der Waals surface area contributed by atoms with Crippen LogP contribution in [0.5, 0.6) is 5.75 Å². The Morgan fingerprint density at radius 1 is 0.958 bits per heavy atom. The number of benzene rings is 2. The van der Waals surface area contributed by atoms with E-state index in [1.54, 1.807) is 42.5 Å². The number of phenolic OH excluding ortho intramolecular Hbond substituents is 1. The molecular formula is C19H20N2O3. The number of hydrogen-bond acceptors (Lipinski definition) is 3. The van der Waals surface area contributed by atoms with Crippen LogP contribution in [0.25, 0.3) is 0 Å². The Kier molecular flexibility index (Phi) is 4.79. The SMILES string of the molecule is O=C(CCc1ccccc1O)Nc1ccc(NC(=O)C2CC2)cc1. The highest BCUT2D eigenvalue weighted by Gasteiger charge is 2.29. The first-order chi connectivity index (χ1) is 11.6. The molecule has 0 spiro atoms. The average molecular weight is 324 g/mol. The van der Waals surface area contributed by atoms with E-state index < -0.39 is 0 Å². The van der Waals surface area contributed by atoms with Crippen LogP contribution in [0.4, 0.5) is 11.4 Å². The summed E-state index contributed by atoms with van der Waals surface area (Å²) in [6.07, 6.45) is 2.71. The van der Waals surface area contributed by atoms with Gasteiger partial charge in [-0.1, -0.05) is 18.2 Å². The third-order valence-electron chi connectivity index (χ3n) is 4.00. The molecule has 1 aliphatic carbocycles. The van der Waals surface area contributed by atoms with Gasteiger partial charge in [0.25, 0.3) is 0 Å². The maximum Gasteiger partial charge on any atom is 0.227 e. The Balaban J connectivity index is 1.49. The summed E-state index contributed by atoms with van der Waals surface area (Å²) in [5, 5.41) is 15.4. The number of carbonyl (C=O) groups excluding carboxylic acids is 2. The molecule has 0 aliphatic heterocycles. The summed E-state index contributed by atoms with van der Waals surface area (Å²) in [6.45, 7) is 0. The first kappa shape index (κ1) is 16.1. The van der Waals surface area contributed by atoms with E-state index in [1.165, 1.54) is 0 Å². The van der Waals surface area contributed by atoms with E-state index in [1.807, 2.05) is 6.07 Å². The molecule has 1 saturated carbocycles. The summed E-state index contributed by atoms with van der Waals surface area (Å²) in [5.74, 6) is 0.322. The highest BCUT2D eigenvalue weighted by molar-refractivity contribution is 5.95. The smallest absolute Gasteiger partial charge is 0.227 e. The monoisotopic (exact) mass is 324 g/mol. The van der Waals surface area contributed by atoms with Crippen molar-refractivity contribution in [3.63, 3.8) is 0 Å². The Hall–Kier alpha value is -2.82. The summed E-state index contributed by atoms with van der Waals surface area (Å²) in [5.41, 5.74) is 2.17. The predicted octanol–water partition coefficient (Wildman–Crippen LogP) is 3.31. The molecule has 3 rings (SSSR count). The van der Waals surface area contributed by atoms with Gasteiger partial charge in [-0.3, -0.25) is 9.59 Å². The number of hydrogen-bond donors (Lipinski definition) is 3. The van der Waals surface area contributed by atoms with Crippen LogP contribution < -0.4 is 10.6 Å². The maximum absolute atomic E-state index is 12.0. The summed E-state index contributed by atoms with van der Waals surface area (Å²) >= 11 is 0. The normalized spacial score (nSPS) is 13.3. The van der Waals surface area contributed by atoms with Crippen LogP contribution in [0, 0.1) is 5.92 Å². The number of aromatic hydroxyl groups is 1. The minimum absolute atomic E-state index is 0.0643. The predicted molar refractivity (Wildman–Crippen MR) is 92.9 cm³/mol. The van der Waals surface area contributed by atoms with Gasteiger partial charge in [-0.15, -0.1) is 0 Å². The number of para-hydroxylation sites is 1. The van der Waals surface area contributed by atoms with Crippen LogP contribution in [-0.4, -0.2) is 16.9 Å². The maximum atomic E-state index is 12.0. The molecule has 1 fully saturated rings. The quantitative estimate of drug-likeness (QED) is 0.763. The van der Waals surface area contributed by atoms with Crippen molar-refractivity contribution in [2.45, 2.75) is 25.7 Å². The number of nitrogens with one attached hydrogen (secondary N) is 2. The number of amides is 2. The van der Waals surface area contributed by atoms with E-state index in [-0.39, 0.29) is 29.9 Å². The van der Waals surface area contributed by atoms with Crippen molar-refractivity contribution in [1.82, 2.24) is 0 Å². The first-order valence-electron chi connectivity index (χ1n) is 8.09. The van der Waals surface area contributed by atoms with Crippen LogP contribution in [0.3, 0.4) is 0 Å². The van der Waals surface area contributed by atoms with Gasteiger partial charge >= 0.3 is 0 Å². The molecular weight excluding hydrogens is 304 g/mol. The molecule has 2 amide bonds. The minimum Gasteiger partial charge on any atom is -0.508 e. The lowest BCUT2D eigenvalue weighted by Crippen LogP contribution is -2.14. The van der Waals surface area contributed by atoms with E-state index in [0.29, 0.717) is 12.1 Å². The van der Waals surface area contributed by atoms with Crippen LogP contribution in [-0.2, 0) is 16.0 Å². The lowest BCUT2D eigenvalue weighted by atomic mass is 10.1. The van der Waals surface area contributed by atoms with Crippen molar-refractivity contribution in [2.24, 2.45) is 5.92 Å². The Bertz CT molecular complexity index is 737. The van der Waals surface area contributed by atoms with E-state index in [0.717, 1.165) is 24.1 Å². The lowest BCUT2D eigenvalue weighted by molar-refractivity contribution is -0.117. The molecule has 2 aromatic carbocycles. The highest BCUT2D eigenvalue weighted by Crippen LogP contribution is 2.30. The van der Waals surface area contributed by atoms with Crippen LogP contribution in [0.1, 0.15) is 24.8 Å². The zero-order valence-electron chi connectivity index (χ0n) is 13.3. The molecule has 24 heavy (non-hydrogen) atoms. The summed E-state index contributed by atoms with van der Waals surface area (Å²) in [6, 6.07) is 14.1. The van der Waals surface area contributed by atoms with Crippen LogP contribution in [0.2, 0.25) is 0 Å². The van der Waals surface area contributed by atoms with E-state index in [2.05, 4.69) is 10.6 Å². The fourth-order valence-electron chi connectivity index (χ4n) is 2.42. The zero-order chi connectivity index (χ0) is 16.9. The fraction of sp³-hybridized carbons (Fsp3) is 0.263. The molecule has 0 bridgehead atoms. The molecule has 5 nitrogen and oxygen atoms in total. The molecule has 5 heteroatoms. The number of aryl methyl sites for hydroxylation is 1. The molecule has 124 valence electrons. The van der Waals surface area contributed by atoms with Crippen molar-refractivity contribution >= 4 is 23.2 Å². The summed E-state index contributed by atoms with van der Waals surface area (Å²) in [7, 11) is 0. The van der Waals surface area contributed by atoms with Crippen molar-refractivity contribution in [3.8, 4) is 5.75 Å². The van der Waals surface area contributed by atoms with Gasteiger partial charge in [-0.05, 0) is 55.2 Å². The molecule has 2 aromatic rings. The van der Waals surface area contributed by atoms with E-state index in [9.17, 15) is 14.7 Å². The average Bonchev–Trinajstić information content (AvgIpc) is 3.41. The number of carbonyl (C=O) groups is 2. The minimum atomic E-state index is -0.118. The molecule has 1 aliphatic rings. The van der Waals surface area contributed by atoms with Gasteiger partial charge in [0, 0.05) is 23.7 Å². The van der Waals surface area contributed by atoms with Crippen LogP contribution in [0.15, 0.2) is 48.5 Å². The Morgan fingerprint density at radius 3 is 2.21 bits per heavy atom. The Morgan fingerprint density at radius 2 is 1.58 bits per heavy atom. The molecule has 0 heterocycles. The van der Waals surface area contributed by atoms with Crippen molar-refractivity contribution in [1.29, 1.82) is 0 Å². The van der Waals surface area contributed by atoms with Gasteiger partial charge in [-0.2, -0.15) is 0 Å². The largest absolute Gasteiger partial charge is 0.508 e. The van der Waals surface area contributed by atoms with Gasteiger partial charge in [-0.25, -0.2) is 0 Å². The molecule has 0 radical (unpaired) electrons. The van der Waals surface area contributed by atoms with Gasteiger partial charge in [0.05, 0.1) is 0 Å². The number of anilines is 2. The highest BCUT2D eigenvalue weighted by atomic mass is 16.3. The van der Waals surface area contributed by atoms with Gasteiger partial charge in [0.1, 0.15) is 5.75 Å². The topological polar surface area (TPSA) is 78.4 Å². The van der Waals surface area contributed by atoms with Crippen LogP contribution >= 0.6 is 0 Å². The Labute approximate surface area is 140 Å². The van der Waals surface area contributed by atoms with Gasteiger partial charge < -0.3 is 15.7 Å². The lowest BCUT2D eigenvalue weighted by Gasteiger charge is -2.08. The first-order valence-corrected chi connectivity index (χ1v) is 8.09. The molecule has 0 atom stereocenters. The molecule has 0 aromatic heterocycles. The summed E-state index contributed by atoms with van der Waals surface area (Å²) in [4.78, 5) is 23.7. The zero-order valence-corrected chi connectivity index (χ0v) is 13.3. The van der Waals surface area contributed by atoms with Crippen molar-refractivity contribution in [2.75, 3.05) is 10.6 Å². The van der Waals surface area contributed by atoms with Gasteiger partial charge in [0.2, 0.25) is 11.8 Å². The molecule has 0 unspecified atom stereocenters. The second-order valence-corrected chi connectivity index (χ2v) is 6.02. The van der Waals surface area contributed by atoms with E-state index in [4.69, 9.17) is 0 Å². The fourth-order valence-corrected chi connectivity index (χ4v) is 2.42.